The first-order valence-corrected chi connectivity index (χ1v) is 6.59. The minimum absolute atomic E-state index is 0.443. The maximum absolute atomic E-state index is 6.95. The summed E-state index contributed by atoms with van der Waals surface area (Å²) in [6.45, 7) is 6.95. The van der Waals surface area contributed by atoms with Crippen molar-refractivity contribution in [3.63, 3.8) is 0 Å². The van der Waals surface area contributed by atoms with Gasteiger partial charge in [-0.2, -0.15) is 0 Å². The van der Waals surface area contributed by atoms with Crippen molar-refractivity contribution < 1.29 is 0 Å². The maximum Gasteiger partial charge on any atom is 0.281 e. The van der Waals surface area contributed by atoms with Gasteiger partial charge in [-0.05, 0) is 12.1 Å². The van der Waals surface area contributed by atoms with Crippen LogP contribution in [0.15, 0.2) is 54.0 Å². The molecule has 4 heteroatoms. The molecule has 0 amide bonds. The van der Waals surface area contributed by atoms with Crippen LogP contribution < -0.4 is 0 Å². The minimum Gasteiger partial charge on any atom is -0.360 e. The van der Waals surface area contributed by atoms with Crippen LogP contribution in [0.2, 0.25) is 0 Å². The number of thiazole rings is 1. The average Bonchev–Trinajstić information content (AvgIpc) is 2.97. The number of benzene rings is 1. The molecule has 0 bridgehead atoms. The molecule has 0 saturated heterocycles. The van der Waals surface area contributed by atoms with Crippen LogP contribution in [0.25, 0.3) is 26.7 Å². The van der Waals surface area contributed by atoms with Crippen LogP contribution in [0, 0.1) is 6.57 Å². The van der Waals surface area contributed by atoms with Crippen molar-refractivity contribution in [2.24, 2.45) is 0 Å². The highest BCUT2D eigenvalue weighted by atomic mass is 32.1. The second-order valence-electron chi connectivity index (χ2n) is 3.92. The van der Waals surface area contributed by atoms with Gasteiger partial charge in [0.05, 0.1) is 5.69 Å². The molecule has 2 heterocycles. The van der Waals surface area contributed by atoms with Gasteiger partial charge in [0.25, 0.3) is 5.82 Å². The van der Waals surface area contributed by atoms with Crippen molar-refractivity contribution in [2.45, 2.75) is 0 Å². The molecule has 0 N–H and O–H groups in total. The van der Waals surface area contributed by atoms with Crippen molar-refractivity contribution in [2.75, 3.05) is 0 Å². The second-order valence-corrected chi connectivity index (χ2v) is 4.78. The molecule has 0 saturated carbocycles. The molecule has 3 nitrogen and oxygen atoms in total. The molecular formula is C15H9N3S. The smallest absolute Gasteiger partial charge is 0.281 e. The van der Waals surface area contributed by atoms with E-state index >= 15 is 0 Å². The zero-order valence-corrected chi connectivity index (χ0v) is 10.8. The number of hydrogen-bond donors (Lipinski definition) is 0. The van der Waals surface area contributed by atoms with Crippen LogP contribution in [0.1, 0.15) is 0 Å². The van der Waals surface area contributed by atoms with Crippen molar-refractivity contribution in [1.29, 1.82) is 0 Å². The molecule has 19 heavy (non-hydrogen) atoms. The van der Waals surface area contributed by atoms with E-state index in [0.29, 0.717) is 5.82 Å². The molecule has 3 aromatic rings. The molecule has 0 aliphatic carbocycles. The molecule has 0 aliphatic heterocycles. The quantitative estimate of drug-likeness (QED) is 0.640. The molecule has 0 spiro atoms. The number of aromatic nitrogens is 2. The van der Waals surface area contributed by atoms with Gasteiger partial charge in [-0.1, -0.05) is 36.9 Å². The molecule has 0 aliphatic rings. The topological polar surface area (TPSA) is 30.1 Å². The van der Waals surface area contributed by atoms with Gasteiger partial charge in [-0.3, -0.25) is 4.98 Å². The molecule has 90 valence electrons. The van der Waals surface area contributed by atoms with Crippen molar-refractivity contribution in [3.8, 4) is 21.8 Å². The number of pyridine rings is 1. The van der Waals surface area contributed by atoms with E-state index in [1.165, 1.54) is 11.3 Å². The van der Waals surface area contributed by atoms with Crippen molar-refractivity contribution in [3.05, 3.63) is 65.5 Å². The van der Waals surface area contributed by atoms with E-state index in [-0.39, 0.29) is 0 Å². The number of rotatable bonds is 2. The summed E-state index contributed by atoms with van der Waals surface area (Å²) >= 11 is 1.48. The van der Waals surface area contributed by atoms with Gasteiger partial charge in [0.15, 0.2) is 0 Å². The summed E-state index contributed by atoms with van der Waals surface area (Å²) in [6, 6.07) is 13.9. The fraction of sp³-hybridized carbons (Fsp3) is 0. The number of hydrogen-bond acceptors (Lipinski definition) is 3. The molecule has 1 aromatic carbocycles. The summed E-state index contributed by atoms with van der Waals surface area (Å²) in [5, 5.41) is 2.62. The van der Waals surface area contributed by atoms with Gasteiger partial charge in [-0.25, -0.2) is 0 Å². The van der Waals surface area contributed by atoms with Crippen LogP contribution in [0.3, 0.4) is 0 Å². The third-order valence-corrected chi connectivity index (χ3v) is 3.56. The SMILES string of the molecule is [C-]#[N+]c1csc(-c2ccnc(-c3ccccc3)c2)n1. The normalized spacial score (nSPS) is 10.1. The summed E-state index contributed by atoms with van der Waals surface area (Å²) in [7, 11) is 0. The lowest BCUT2D eigenvalue weighted by molar-refractivity contribution is 1.32. The van der Waals surface area contributed by atoms with E-state index in [1.807, 2.05) is 42.5 Å². The highest BCUT2D eigenvalue weighted by Crippen LogP contribution is 2.29. The van der Waals surface area contributed by atoms with Crippen LogP contribution in [0.5, 0.6) is 0 Å². The molecule has 0 radical (unpaired) electrons. The van der Waals surface area contributed by atoms with Gasteiger partial charge >= 0.3 is 0 Å². The first kappa shape index (κ1) is 11.6. The van der Waals surface area contributed by atoms with Crippen LogP contribution in [-0.4, -0.2) is 9.97 Å². The number of nitrogens with zero attached hydrogens (tertiary/aromatic N) is 3. The van der Waals surface area contributed by atoms with Gasteiger partial charge in [0.2, 0.25) is 5.01 Å². The summed E-state index contributed by atoms with van der Waals surface area (Å²) in [6.07, 6.45) is 1.77. The Bertz CT molecular complexity index is 741. The predicted molar refractivity (Wildman–Crippen MR) is 77.0 cm³/mol. The van der Waals surface area contributed by atoms with Gasteiger partial charge < -0.3 is 4.85 Å². The Morgan fingerprint density at radius 3 is 2.63 bits per heavy atom. The van der Waals surface area contributed by atoms with E-state index in [9.17, 15) is 0 Å². The Labute approximate surface area is 115 Å². The van der Waals surface area contributed by atoms with E-state index in [1.54, 1.807) is 11.6 Å². The summed E-state index contributed by atoms with van der Waals surface area (Å²) in [5.74, 6) is 0.443. The zero-order chi connectivity index (χ0) is 13.1. The Balaban J connectivity index is 2.03. The molecule has 0 unspecified atom stereocenters. The maximum atomic E-state index is 6.95. The lowest BCUT2D eigenvalue weighted by Gasteiger charge is -2.01. The van der Waals surface area contributed by atoms with E-state index in [2.05, 4.69) is 14.8 Å². The van der Waals surface area contributed by atoms with E-state index in [0.717, 1.165) is 21.8 Å². The molecule has 0 fully saturated rings. The van der Waals surface area contributed by atoms with Crippen molar-refractivity contribution >= 4 is 17.2 Å². The van der Waals surface area contributed by atoms with Crippen LogP contribution in [-0.2, 0) is 0 Å². The second kappa shape index (κ2) is 5.01. The minimum atomic E-state index is 0.443. The van der Waals surface area contributed by atoms with Gasteiger partial charge in [0, 0.05) is 22.7 Å². The fourth-order valence-electron chi connectivity index (χ4n) is 1.78. The van der Waals surface area contributed by atoms with E-state index in [4.69, 9.17) is 6.57 Å². The monoisotopic (exact) mass is 263 g/mol. The highest BCUT2D eigenvalue weighted by Gasteiger charge is 2.09. The van der Waals surface area contributed by atoms with Gasteiger partial charge in [0.1, 0.15) is 0 Å². The Morgan fingerprint density at radius 2 is 1.89 bits per heavy atom. The summed E-state index contributed by atoms with van der Waals surface area (Å²) in [5.41, 5.74) is 2.98. The average molecular weight is 263 g/mol. The standard InChI is InChI=1S/C15H9N3S/c1-16-14-10-19-15(18-14)12-7-8-17-13(9-12)11-5-3-2-4-6-11/h2-10H. The molecule has 2 aromatic heterocycles. The fourth-order valence-corrected chi connectivity index (χ4v) is 2.51. The van der Waals surface area contributed by atoms with Crippen LogP contribution in [0.4, 0.5) is 5.82 Å². The lowest BCUT2D eigenvalue weighted by Crippen LogP contribution is -1.84. The molecule has 3 rings (SSSR count). The third kappa shape index (κ3) is 2.37. The van der Waals surface area contributed by atoms with Crippen LogP contribution >= 0.6 is 11.3 Å². The largest absolute Gasteiger partial charge is 0.360 e. The Morgan fingerprint density at radius 1 is 1.05 bits per heavy atom. The first-order chi connectivity index (χ1) is 9.36. The lowest BCUT2D eigenvalue weighted by atomic mass is 10.1. The Kier molecular flexibility index (Phi) is 3.05. The third-order valence-electron chi connectivity index (χ3n) is 2.68. The van der Waals surface area contributed by atoms with E-state index < -0.39 is 0 Å². The Hall–Kier alpha value is -2.51. The molecular weight excluding hydrogens is 254 g/mol. The summed E-state index contributed by atoms with van der Waals surface area (Å²) < 4.78 is 0. The van der Waals surface area contributed by atoms with Gasteiger partial charge in [-0.15, -0.1) is 16.3 Å². The zero-order valence-electron chi connectivity index (χ0n) is 9.95. The highest BCUT2D eigenvalue weighted by molar-refractivity contribution is 7.13. The van der Waals surface area contributed by atoms with Crippen molar-refractivity contribution in [1.82, 2.24) is 9.97 Å². The molecule has 0 atom stereocenters. The summed E-state index contributed by atoms with van der Waals surface area (Å²) in [4.78, 5) is 12.0. The predicted octanol–water partition coefficient (Wildman–Crippen LogP) is 4.42. The first-order valence-electron chi connectivity index (χ1n) is 5.71.